The molecule has 0 unspecified atom stereocenters. The third-order valence-corrected chi connectivity index (χ3v) is 4.03. The molecule has 136 valence electrons. The van der Waals surface area contributed by atoms with Crippen molar-refractivity contribution in [3.63, 3.8) is 0 Å². The molecule has 0 radical (unpaired) electrons. The van der Waals surface area contributed by atoms with E-state index in [2.05, 4.69) is 12.2 Å². The number of hydrogen-bond acceptors (Lipinski definition) is 6. The molecular weight excluding hydrogens is 302 g/mol. The van der Waals surface area contributed by atoms with E-state index in [0.717, 1.165) is 19.3 Å². The average Bonchev–Trinajstić information content (AvgIpc) is 2.52. The highest BCUT2D eigenvalue weighted by atomic mass is 16.7. The summed E-state index contributed by atoms with van der Waals surface area (Å²) in [6.45, 7) is 3.50. The van der Waals surface area contributed by atoms with Crippen molar-refractivity contribution in [3.8, 4) is 0 Å². The van der Waals surface area contributed by atoms with E-state index in [1.54, 1.807) is 0 Å². The minimum Gasteiger partial charge on any atom is -0.394 e. The van der Waals surface area contributed by atoms with Gasteiger partial charge in [-0.2, -0.15) is 0 Å². The second-order valence-corrected chi connectivity index (χ2v) is 6.07. The van der Waals surface area contributed by atoms with Crippen LogP contribution in [0.5, 0.6) is 0 Å². The largest absolute Gasteiger partial charge is 0.394 e. The molecule has 0 aliphatic carbocycles. The van der Waals surface area contributed by atoms with Crippen LogP contribution in [0.3, 0.4) is 0 Å². The number of unbranched alkanes of at least 4 members (excludes halogenated alkanes) is 5. The van der Waals surface area contributed by atoms with Gasteiger partial charge in [-0.15, -0.1) is 0 Å². The highest BCUT2D eigenvalue weighted by molar-refractivity contribution is 5.73. The van der Waals surface area contributed by atoms with E-state index in [9.17, 15) is 20.1 Å². The van der Waals surface area contributed by atoms with Gasteiger partial charge in [-0.05, 0) is 6.42 Å². The second-order valence-electron chi connectivity index (χ2n) is 6.07. The lowest BCUT2D eigenvalue weighted by Gasteiger charge is -2.42. The summed E-state index contributed by atoms with van der Waals surface area (Å²) in [4.78, 5) is 11.3. The lowest BCUT2D eigenvalue weighted by molar-refractivity contribution is -0.270. The maximum absolute atomic E-state index is 11.3. The molecule has 1 saturated heterocycles. The number of aliphatic hydroxyl groups is 3. The van der Waals surface area contributed by atoms with Gasteiger partial charge in [-0.25, -0.2) is 0 Å². The molecule has 1 heterocycles. The number of amides is 1. The van der Waals surface area contributed by atoms with Gasteiger partial charge in [-0.3, -0.25) is 4.79 Å². The Hall–Kier alpha value is -0.730. The Morgan fingerprint density at radius 2 is 1.78 bits per heavy atom. The number of hydrogen-bond donors (Lipinski definition) is 4. The predicted octanol–water partition coefficient (Wildman–Crippen LogP) is 0.307. The molecule has 7 nitrogen and oxygen atoms in total. The van der Waals surface area contributed by atoms with Gasteiger partial charge < -0.3 is 30.1 Å². The van der Waals surface area contributed by atoms with Crippen molar-refractivity contribution in [2.45, 2.75) is 83.0 Å². The van der Waals surface area contributed by atoms with Crippen LogP contribution in [-0.4, -0.2) is 65.1 Å². The number of nitrogens with one attached hydrogen (secondary N) is 1. The molecule has 0 bridgehead atoms. The Labute approximate surface area is 138 Å². The van der Waals surface area contributed by atoms with Crippen molar-refractivity contribution in [3.05, 3.63) is 0 Å². The Balaban J connectivity index is 2.45. The van der Waals surface area contributed by atoms with Crippen molar-refractivity contribution in [1.29, 1.82) is 0 Å². The molecule has 1 aliphatic heterocycles. The molecule has 0 spiro atoms. The third-order valence-electron chi connectivity index (χ3n) is 4.03. The van der Waals surface area contributed by atoms with E-state index >= 15 is 0 Å². The summed E-state index contributed by atoms with van der Waals surface area (Å²) < 4.78 is 11.1. The van der Waals surface area contributed by atoms with Gasteiger partial charge in [0.25, 0.3) is 0 Å². The minimum absolute atomic E-state index is 0.347. The number of rotatable bonds is 10. The zero-order chi connectivity index (χ0) is 17.2. The van der Waals surface area contributed by atoms with Crippen molar-refractivity contribution >= 4 is 5.91 Å². The Morgan fingerprint density at radius 1 is 1.13 bits per heavy atom. The molecule has 1 amide bonds. The minimum atomic E-state index is -1.27. The van der Waals surface area contributed by atoms with Crippen molar-refractivity contribution in [1.82, 2.24) is 5.32 Å². The van der Waals surface area contributed by atoms with Crippen molar-refractivity contribution in [2.24, 2.45) is 0 Å². The Morgan fingerprint density at radius 3 is 2.39 bits per heavy atom. The molecule has 23 heavy (non-hydrogen) atoms. The fraction of sp³-hybridized carbons (Fsp3) is 0.938. The summed E-state index contributed by atoms with van der Waals surface area (Å²) in [6.07, 6.45) is 2.37. The first-order valence-corrected chi connectivity index (χ1v) is 8.52. The Kier molecular flexibility index (Phi) is 9.66. The summed E-state index contributed by atoms with van der Waals surface area (Å²) >= 11 is 0. The lowest BCUT2D eigenvalue weighted by atomic mass is 9.97. The first-order chi connectivity index (χ1) is 11.0. The van der Waals surface area contributed by atoms with Crippen LogP contribution < -0.4 is 5.32 Å². The van der Waals surface area contributed by atoms with Crippen molar-refractivity contribution in [2.75, 3.05) is 13.2 Å². The van der Waals surface area contributed by atoms with Gasteiger partial charge in [0, 0.05) is 13.5 Å². The van der Waals surface area contributed by atoms with Crippen LogP contribution in [0, 0.1) is 0 Å². The maximum Gasteiger partial charge on any atom is 0.217 e. The van der Waals surface area contributed by atoms with Gasteiger partial charge in [0.05, 0.1) is 6.61 Å². The molecule has 0 aromatic carbocycles. The second kappa shape index (κ2) is 10.9. The van der Waals surface area contributed by atoms with Crippen molar-refractivity contribution < 1.29 is 29.6 Å². The molecule has 4 N–H and O–H groups in total. The van der Waals surface area contributed by atoms with Gasteiger partial charge in [0.2, 0.25) is 5.91 Å². The number of carbonyl (C=O) groups excluding carboxylic acids is 1. The molecule has 1 rings (SSSR count). The van der Waals surface area contributed by atoms with Crippen LogP contribution in [0.15, 0.2) is 0 Å². The lowest BCUT2D eigenvalue weighted by Crippen LogP contribution is -2.64. The summed E-state index contributed by atoms with van der Waals surface area (Å²) in [5.41, 5.74) is 0. The smallest absolute Gasteiger partial charge is 0.217 e. The predicted molar refractivity (Wildman–Crippen MR) is 84.7 cm³/mol. The van der Waals surface area contributed by atoms with Crippen LogP contribution in [0.1, 0.15) is 52.4 Å². The molecule has 0 aromatic heterocycles. The fourth-order valence-corrected chi connectivity index (χ4v) is 2.69. The first kappa shape index (κ1) is 20.3. The van der Waals surface area contributed by atoms with E-state index in [1.807, 2.05) is 0 Å². The van der Waals surface area contributed by atoms with Crippen LogP contribution in [-0.2, 0) is 14.3 Å². The number of carbonyl (C=O) groups is 1. The van der Waals surface area contributed by atoms with E-state index < -0.39 is 37.3 Å². The van der Waals surface area contributed by atoms with E-state index in [0.29, 0.717) is 6.61 Å². The molecule has 1 fully saturated rings. The molecule has 0 saturated carbocycles. The normalized spacial score (nSPS) is 31.1. The van der Waals surface area contributed by atoms with Gasteiger partial charge in [-0.1, -0.05) is 39.0 Å². The van der Waals surface area contributed by atoms with Gasteiger partial charge in [0.15, 0.2) is 6.29 Å². The Bertz CT molecular complexity index is 341. The standard InChI is InChI=1S/C16H31NO6/c1-3-4-5-6-7-8-9-22-16-13(17-11(2)19)15(21)14(20)12(10-18)23-16/h12-16,18,20-21H,3-10H2,1-2H3,(H,17,19)/t12-,13+,14-,15+,16-/m0/s1. The maximum atomic E-state index is 11.3. The van der Waals surface area contributed by atoms with Gasteiger partial charge >= 0.3 is 0 Å². The summed E-state index contributed by atoms with van der Waals surface area (Å²) in [5, 5.41) is 31.8. The summed E-state index contributed by atoms with van der Waals surface area (Å²) in [5.74, 6) is -0.347. The van der Waals surface area contributed by atoms with Crippen LogP contribution in [0.2, 0.25) is 0 Å². The highest BCUT2D eigenvalue weighted by Gasteiger charge is 2.45. The summed E-state index contributed by atoms with van der Waals surface area (Å²) in [6, 6.07) is -0.856. The number of aliphatic hydroxyl groups excluding tert-OH is 3. The number of ether oxygens (including phenoxy) is 2. The van der Waals surface area contributed by atoms with Gasteiger partial charge in [0.1, 0.15) is 24.4 Å². The fourth-order valence-electron chi connectivity index (χ4n) is 2.69. The average molecular weight is 333 g/mol. The first-order valence-electron chi connectivity index (χ1n) is 8.52. The molecule has 7 heteroatoms. The zero-order valence-electron chi connectivity index (χ0n) is 14.1. The zero-order valence-corrected chi connectivity index (χ0v) is 14.1. The molecular formula is C16H31NO6. The van der Waals surface area contributed by atoms with Crippen LogP contribution in [0.4, 0.5) is 0 Å². The van der Waals surface area contributed by atoms with E-state index in [1.165, 1.54) is 26.2 Å². The van der Waals surface area contributed by atoms with Crippen LogP contribution >= 0.6 is 0 Å². The monoisotopic (exact) mass is 333 g/mol. The quantitative estimate of drug-likeness (QED) is 0.429. The molecule has 0 aromatic rings. The molecule has 1 aliphatic rings. The van der Waals surface area contributed by atoms with E-state index in [4.69, 9.17) is 9.47 Å². The SMILES string of the molecule is CCCCCCCCO[C@H]1O[C@@H](CO)[C@H](O)[C@H](O)[C@H]1NC(C)=O. The summed E-state index contributed by atoms with van der Waals surface area (Å²) in [7, 11) is 0. The highest BCUT2D eigenvalue weighted by Crippen LogP contribution is 2.22. The molecule has 5 atom stereocenters. The third kappa shape index (κ3) is 6.73. The van der Waals surface area contributed by atoms with Crippen LogP contribution in [0.25, 0.3) is 0 Å². The van der Waals surface area contributed by atoms with E-state index in [-0.39, 0.29) is 5.91 Å². The topological polar surface area (TPSA) is 108 Å².